The van der Waals surface area contributed by atoms with Gasteiger partial charge < -0.3 is 14.6 Å². The van der Waals surface area contributed by atoms with Crippen LogP contribution in [0.1, 0.15) is 31.2 Å². The predicted octanol–water partition coefficient (Wildman–Crippen LogP) is 5.55. The first-order valence-corrected chi connectivity index (χ1v) is 15.8. The highest BCUT2D eigenvalue weighted by Crippen LogP contribution is 2.66. The number of aromatic hydroxyl groups is 1. The molecule has 3 fully saturated rings. The number of nitrogens with zero attached hydrogens (tertiary/aromatic N) is 3. The van der Waals surface area contributed by atoms with Crippen molar-refractivity contribution in [1.82, 2.24) is 0 Å². The fourth-order valence-corrected chi connectivity index (χ4v) is 8.56. The van der Waals surface area contributed by atoms with Crippen molar-refractivity contribution in [2.75, 3.05) is 24.0 Å². The smallest absolute Gasteiger partial charge is 0.269 e. The van der Waals surface area contributed by atoms with Crippen molar-refractivity contribution >= 4 is 52.3 Å². The third-order valence-corrected chi connectivity index (χ3v) is 10.9. The van der Waals surface area contributed by atoms with Gasteiger partial charge in [-0.3, -0.25) is 34.2 Å². The number of phenols is 1. The molecule has 0 unspecified atom stereocenters. The monoisotopic (exact) mass is 689 g/mol. The number of allylic oxidation sites excluding steroid dienone is 2. The number of hydrogen-bond donors (Lipinski definition) is 1. The van der Waals surface area contributed by atoms with Gasteiger partial charge in [-0.1, -0.05) is 23.3 Å². The number of nitro benzene ring substituents is 1. The maximum atomic E-state index is 14.7. The van der Waals surface area contributed by atoms with Gasteiger partial charge in [-0.15, -0.1) is 0 Å². The Morgan fingerprint density at radius 3 is 2.14 bits per heavy atom. The second kappa shape index (κ2) is 11.4. The van der Waals surface area contributed by atoms with Crippen molar-refractivity contribution in [2.45, 2.75) is 25.7 Å². The number of hydrogen-bond acceptors (Lipinski definition) is 9. The predicted molar refractivity (Wildman–Crippen MR) is 173 cm³/mol. The van der Waals surface area contributed by atoms with Crippen molar-refractivity contribution < 1.29 is 43.1 Å². The van der Waals surface area contributed by atoms with E-state index in [0.29, 0.717) is 11.1 Å². The molecule has 2 saturated heterocycles. The lowest BCUT2D eigenvalue weighted by atomic mass is 9.51. The summed E-state index contributed by atoms with van der Waals surface area (Å²) in [5, 5.41) is 21.5. The van der Waals surface area contributed by atoms with Gasteiger partial charge in [0.15, 0.2) is 0 Å². The Morgan fingerprint density at radius 1 is 0.918 bits per heavy atom. The first kappa shape index (κ1) is 32.3. The minimum atomic E-state index is -1.49. The minimum absolute atomic E-state index is 0.0336. The van der Waals surface area contributed by atoms with Crippen LogP contribution in [-0.4, -0.2) is 47.9 Å². The highest BCUT2D eigenvalue weighted by Gasteiger charge is 2.68. The Kier molecular flexibility index (Phi) is 7.51. The molecule has 14 heteroatoms. The second-order valence-corrected chi connectivity index (χ2v) is 13.2. The topological polar surface area (TPSA) is 157 Å². The number of fused-ring (bicyclic) bond motifs is 4. The fourth-order valence-electron chi connectivity index (χ4n) is 8.38. The number of halogens is 2. The number of rotatable bonds is 6. The number of anilines is 2. The molecule has 4 amide bonds. The van der Waals surface area contributed by atoms with Crippen LogP contribution in [0.3, 0.4) is 0 Å². The molecule has 0 aromatic heterocycles. The Labute approximate surface area is 283 Å². The molecule has 3 aromatic carbocycles. The summed E-state index contributed by atoms with van der Waals surface area (Å²) in [6.45, 7) is 1.66. The van der Waals surface area contributed by atoms with Crippen LogP contribution in [0.25, 0.3) is 0 Å². The molecule has 7 rings (SSSR count). The lowest BCUT2D eigenvalue weighted by Gasteiger charge is -2.49. The van der Waals surface area contributed by atoms with Crippen LogP contribution in [0.2, 0.25) is 5.02 Å². The number of carbonyl (C=O) groups excluding carboxylic acids is 4. The fraction of sp³-hybridized carbons (Fsp3) is 0.314. The summed E-state index contributed by atoms with van der Waals surface area (Å²) in [7, 11) is 2.78. The van der Waals surface area contributed by atoms with E-state index >= 15 is 0 Å². The van der Waals surface area contributed by atoms with Gasteiger partial charge in [0, 0.05) is 35.7 Å². The van der Waals surface area contributed by atoms with Gasteiger partial charge in [0.05, 0.1) is 58.7 Å². The van der Waals surface area contributed by atoms with E-state index in [1.165, 1.54) is 62.8 Å². The number of non-ortho nitro benzene ring substituents is 1. The van der Waals surface area contributed by atoms with Crippen molar-refractivity contribution in [3.63, 3.8) is 0 Å². The number of nitro groups is 1. The van der Waals surface area contributed by atoms with E-state index in [1.807, 2.05) is 6.08 Å². The van der Waals surface area contributed by atoms with Crippen LogP contribution in [0.4, 0.5) is 21.5 Å². The highest BCUT2D eigenvalue weighted by atomic mass is 35.5. The average Bonchev–Trinajstić information content (AvgIpc) is 3.45. The molecule has 2 aliphatic carbocycles. The number of carbonyl (C=O) groups is 4. The molecule has 2 heterocycles. The van der Waals surface area contributed by atoms with Crippen molar-refractivity contribution in [3.05, 3.63) is 92.8 Å². The summed E-state index contributed by atoms with van der Waals surface area (Å²) in [6, 6.07) is 11.4. The van der Waals surface area contributed by atoms with Gasteiger partial charge in [0.1, 0.15) is 23.1 Å². The first-order chi connectivity index (χ1) is 23.3. The average molecular weight is 690 g/mol. The van der Waals surface area contributed by atoms with E-state index in [9.17, 15) is 38.8 Å². The molecule has 2 aliphatic heterocycles. The number of benzene rings is 3. The number of ether oxygens (including phenoxy) is 2. The molecule has 1 saturated carbocycles. The zero-order chi connectivity index (χ0) is 35.1. The molecule has 3 aromatic rings. The van der Waals surface area contributed by atoms with Crippen LogP contribution < -0.4 is 19.3 Å². The van der Waals surface area contributed by atoms with Crippen LogP contribution in [-0.2, 0) is 19.2 Å². The van der Waals surface area contributed by atoms with E-state index < -0.39 is 69.4 Å². The van der Waals surface area contributed by atoms with Gasteiger partial charge in [-0.2, -0.15) is 0 Å². The Hall–Kier alpha value is -5.30. The molecule has 1 N–H and O–H groups in total. The third-order valence-electron chi connectivity index (χ3n) is 10.6. The van der Waals surface area contributed by atoms with Crippen LogP contribution in [0, 0.1) is 45.0 Å². The first-order valence-electron chi connectivity index (χ1n) is 15.4. The molecule has 49 heavy (non-hydrogen) atoms. The van der Waals surface area contributed by atoms with Gasteiger partial charge in [-0.25, -0.2) is 9.29 Å². The number of imide groups is 2. The van der Waals surface area contributed by atoms with E-state index in [1.54, 1.807) is 6.92 Å². The Balaban J connectivity index is 1.40. The van der Waals surface area contributed by atoms with Crippen LogP contribution in [0.15, 0.2) is 66.2 Å². The minimum Gasteiger partial charge on any atom is -0.508 e. The summed E-state index contributed by atoms with van der Waals surface area (Å²) in [6.07, 6.45) is 2.01. The third kappa shape index (κ3) is 4.55. The number of phenolic OH excluding ortho intramolecular Hbond substituents is 1. The van der Waals surface area contributed by atoms with E-state index in [0.717, 1.165) is 15.9 Å². The van der Waals surface area contributed by atoms with E-state index in [-0.39, 0.29) is 52.2 Å². The zero-order valence-corrected chi connectivity index (χ0v) is 27.1. The summed E-state index contributed by atoms with van der Waals surface area (Å²) in [5.74, 6) is -7.06. The molecule has 6 atom stereocenters. The summed E-state index contributed by atoms with van der Waals surface area (Å²) >= 11 is 6.07. The van der Waals surface area contributed by atoms with Crippen molar-refractivity contribution in [3.8, 4) is 17.2 Å². The number of methoxy groups -OCH3 is 2. The molecule has 0 spiro atoms. The van der Waals surface area contributed by atoms with Crippen LogP contribution in [0.5, 0.6) is 17.2 Å². The SMILES string of the molecule is COc1cc(O)cc(OC)c1[C@H]1C2=CC[C@@H]3C(=O)N(c4ccc([N+](=O)[O-])cc4)C(=O)[C@@H]3[C@@H]2C[C@H]2C(=O)N(c3ccc(F)c(Cl)c3)C(=O)[C@@]12C. The van der Waals surface area contributed by atoms with Crippen LogP contribution >= 0.6 is 11.6 Å². The molecular weight excluding hydrogens is 661 g/mol. The normalized spacial score (nSPS) is 27.4. The standard InChI is InChI=1S/C35H29ClFN3O9/c1-35-23(32(43)39(34(35)45)18-8-11-25(37)24(36)12-18)15-22-20(30(35)29-26(48-2)13-19(41)14-27(29)49-3)9-10-21-28(22)33(44)38(31(21)42)16-4-6-17(7-5-16)40(46)47/h4-9,11-14,21-23,28,30,41H,10,15H2,1-3H3/t21-,22+,23-,28-,30+,35+/m0/s1. The van der Waals surface area contributed by atoms with Gasteiger partial charge >= 0.3 is 0 Å². The molecule has 252 valence electrons. The second-order valence-electron chi connectivity index (χ2n) is 12.8. The molecular formula is C35H29ClFN3O9. The van der Waals surface area contributed by atoms with Gasteiger partial charge in [0.2, 0.25) is 23.6 Å². The molecule has 0 bridgehead atoms. The van der Waals surface area contributed by atoms with Gasteiger partial charge in [0.25, 0.3) is 5.69 Å². The van der Waals surface area contributed by atoms with E-state index in [2.05, 4.69) is 0 Å². The summed E-state index contributed by atoms with van der Waals surface area (Å²) in [4.78, 5) is 69.9. The molecule has 4 aliphatic rings. The van der Waals surface area contributed by atoms with E-state index in [4.69, 9.17) is 21.1 Å². The zero-order valence-electron chi connectivity index (χ0n) is 26.4. The van der Waals surface area contributed by atoms with Crippen molar-refractivity contribution in [2.24, 2.45) is 29.1 Å². The quantitative estimate of drug-likeness (QED) is 0.152. The molecule has 0 radical (unpaired) electrons. The van der Waals surface area contributed by atoms with Gasteiger partial charge in [-0.05, 0) is 56.0 Å². The largest absolute Gasteiger partial charge is 0.508 e. The summed E-state index contributed by atoms with van der Waals surface area (Å²) in [5.41, 5.74) is -0.433. The van der Waals surface area contributed by atoms with Crippen molar-refractivity contribution in [1.29, 1.82) is 0 Å². The lowest BCUT2D eigenvalue weighted by molar-refractivity contribution is -0.384. The maximum Gasteiger partial charge on any atom is 0.269 e. The summed E-state index contributed by atoms with van der Waals surface area (Å²) < 4.78 is 25.6. The maximum absolute atomic E-state index is 14.7. The Bertz CT molecular complexity index is 1990. The molecule has 12 nitrogen and oxygen atoms in total. The lowest BCUT2D eigenvalue weighted by Crippen LogP contribution is -2.49. The number of amides is 4. The Morgan fingerprint density at radius 2 is 1.55 bits per heavy atom. The highest BCUT2D eigenvalue weighted by molar-refractivity contribution is 6.32.